The van der Waals surface area contributed by atoms with Crippen molar-refractivity contribution in [2.75, 3.05) is 38.0 Å². The van der Waals surface area contributed by atoms with Gasteiger partial charge in [-0.3, -0.25) is 4.90 Å². The number of halogens is 1. The highest BCUT2D eigenvalue weighted by molar-refractivity contribution is 6.33. The summed E-state index contributed by atoms with van der Waals surface area (Å²) in [7, 11) is 0. The van der Waals surface area contributed by atoms with Gasteiger partial charge in [0.15, 0.2) is 0 Å². The Morgan fingerprint density at radius 2 is 2.00 bits per heavy atom. The molecule has 1 atom stereocenters. The van der Waals surface area contributed by atoms with Crippen LogP contribution in [0.1, 0.15) is 18.0 Å². The third-order valence-corrected chi connectivity index (χ3v) is 4.03. The number of hydrogen-bond acceptors (Lipinski definition) is 3. The minimum Gasteiger partial charge on any atom is -0.383 e. The number of piperazine rings is 1. The van der Waals surface area contributed by atoms with E-state index in [1.165, 1.54) is 12.0 Å². The molecule has 2 aliphatic rings. The predicted molar refractivity (Wildman–Crippen MR) is 71.7 cm³/mol. The fraction of sp³-hybridized carbons (Fsp3) is 0.538. The van der Waals surface area contributed by atoms with Gasteiger partial charge < -0.3 is 10.6 Å². The van der Waals surface area contributed by atoms with Gasteiger partial charge >= 0.3 is 0 Å². The van der Waals surface area contributed by atoms with E-state index >= 15 is 0 Å². The zero-order chi connectivity index (χ0) is 11.7. The SMILES string of the molecule is Clc1cccc2c1NCCC2N1CCNCC1. The molecule has 0 saturated carbocycles. The number of rotatable bonds is 1. The van der Waals surface area contributed by atoms with E-state index in [0.29, 0.717) is 6.04 Å². The molecule has 1 unspecified atom stereocenters. The maximum atomic E-state index is 6.25. The highest BCUT2D eigenvalue weighted by Gasteiger charge is 2.27. The lowest BCUT2D eigenvalue weighted by molar-refractivity contribution is 0.166. The van der Waals surface area contributed by atoms with Crippen LogP contribution in [0.2, 0.25) is 5.02 Å². The predicted octanol–water partition coefficient (Wildman–Crippen LogP) is 2.10. The molecule has 92 valence electrons. The summed E-state index contributed by atoms with van der Waals surface area (Å²) in [5.74, 6) is 0. The zero-order valence-corrected chi connectivity index (χ0v) is 10.6. The van der Waals surface area contributed by atoms with Crippen LogP contribution in [0, 0.1) is 0 Å². The van der Waals surface area contributed by atoms with Gasteiger partial charge in [0, 0.05) is 38.8 Å². The molecule has 0 bridgehead atoms. The molecule has 17 heavy (non-hydrogen) atoms. The Kier molecular flexibility index (Phi) is 3.23. The van der Waals surface area contributed by atoms with E-state index in [1.54, 1.807) is 0 Å². The molecule has 2 N–H and O–H groups in total. The van der Waals surface area contributed by atoms with E-state index in [1.807, 2.05) is 6.07 Å². The van der Waals surface area contributed by atoms with Crippen LogP contribution in [-0.4, -0.2) is 37.6 Å². The molecule has 4 heteroatoms. The van der Waals surface area contributed by atoms with Crippen molar-refractivity contribution in [1.29, 1.82) is 0 Å². The van der Waals surface area contributed by atoms with E-state index in [0.717, 1.165) is 43.4 Å². The fourth-order valence-corrected chi connectivity index (χ4v) is 3.12. The summed E-state index contributed by atoms with van der Waals surface area (Å²) in [4.78, 5) is 2.58. The second-order valence-electron chi connectivity index (χ2n) is 4.72. The molecule has 3 nitrogen and oxygen atoms in total. The minimum absolute atomic E-state index is 0.534. The normalized spacial score (nSPS) is 25.1. The van der Waals surface area contributed by atoms with Crippen LogP contribution in [0.25, 0.3) is 0 Å². The van der Waals surface area contributed by atoms with Gasteiger partial charge in [-0.15, -0.1) is 0 Å². The second-order valence-corrected chi connectivity index (χ2v) is 5.13. The molecular formula is C13H18ClN3. The van der Waals surface area contributed by atoms with Crippen LogP contribution < -0.4 is 10.6 Å². The van der Waals surface area contributed by atoms with Crippen molar-refractivity contribution < 1.29 is 0 Å². The maximum Gasteiger partial charge on any atom is 0.0640 e. The fourth-order valence-electron chi connectivity index (χ4n) is 2.87. The number of para-hydroxylation sites is 1. The molecule has 1 saturated heterocycles. The lowest BCUT2D eigenvalue weighted by Gasteiger charge is -2.38. The molecule has 0 radical (unpaired) electrons. The van der Waals surface area contributed by atoms with Gasteiger partial charge in [-0.2, -0.15) is 0 Å². The third kappa shape index (κ3) is 2.15. The van der Waals surface area contributed by atoms with E-state index < -0.39 is 0 Å². The van der Waals surface area contributed by atoms with Crippen LogP contribution in [0.15, 0.2) is 18.2 Å². The Morgan fingerprint density at radius 1 is 1.18 bits per heavy atom. The minimum atomic E-state index is 0.534. The number of benzene rings is 1. The quantitative estimate of drug-likeness (QED) is 0.801. The average molecular weight is 252 g/mol. The lowest BCUT2D eigenvalue weighted by Crippen LogP contribution is -2.46. The van der Waals surface area contributed by atoms with Crippen molar-refractivity contribution in [3.63, 3.8) is 0 Å². The standard InChI is InChI=1S/C13H18ClN3/c14-11-3-1-2-10-12(4-5-16-13(10)11)17-8-6-15-7-9-17/h1-3,12,15-16H,4-9H2. The highest BCUT2D eigenvalue weighted by Crippen LogP contribution is 2.38. The van der Waals surface area contributed by atoms with E-state index in [4.69, 9.17) is 11.6 Å². The summed E-state index contributed by atoms with van der Waals surface area (Å²) in [6, 6.07) is 6.77. The first-order valence-electron chi connectivity index (χ1n) is 6.33. The van der Waals surface area contributed by atoms with Crippen LogP contribution in [0.3, 0.4) is 0 Å². The summed E-state index contributed by atoms with van der Waals surface area (Å²) in [6.45, 7) is 5.48. The number of nitrogens with one attached hydrogen (secondary N) is 2. The first kappa shape index (κ1) is 11.3. The van der Waals surface area contributed by atoms with E-state index in [2.05, 4.69) is 27.7 Å². The van der Waals surface area contributed by atoms with Gasteiger partial charge in [0.05, 0.1) is 10.7 Å². The molecule has 0 aliphatic carbocycles. The summed E-state index contributed by atoms with van der Waals surface area (Å²) >= 11 is 6.25. The molecule has 0 aromatic heterocycles. The van der Waals surface area contributed by atoms with Gasteiger partial charge in [-0.1, -0.05) is 23.7 Å². The molecular weight excluding hydrogens is 234 g/mol. The molecule has 2 aliphatic heterocycles. The molecule has 1 aromatic carbocycles. The van der Waals surface area contributed by atoms with Gasteiger partial charge in [-0.25, -0.2) is 0 Å². The molecule has 2 heterocycles. The van der Waals surface area contributed by atoms with Crippen molar-refractivity contribution in [3.05, 3.63) is 28.8 Å². The number of fused-ring (bicyclic) bond motifs is 1. The van der Waals surface area contributed by atoms with Crippen molar-refractivity contribution >= 4 is 17.3 Å². The van der Waals surface area contributed by atoms with Gasteiger partial charge in [-0.05, 0) is 18.1 Å². The Morgan fingerprint density at radius 3 is 2.82 bits per heavy atom. The van der Waals surface area contributed by atoms with Crippen LogP contribution >= 0.6 is 11.6 Å². The average Bonchev–Trinajstić information content (AvgIpc) is 2.40. The highest BCUT2D eigenvalue weighted by atomic mass is 35.5. The largest absolute Gasteiger partial charge is 0.383 e. The van der Waals surface area contributed by atoms with Crippen LogP contribution in [0.5, 0.6) is 0 Å². The van der Waals surface area contributed by atoms with Gasteiger partial charge in [0.2, 0.25) is 0 Å². The summed E-state index contributed by atoms with van der Waals surface area (Å²) < 4.78 is 0. The number of hydrogen-bond donors (Lipinski definition) is 2. The van der Waals surface area contributed by atoms with E-state index in [9.17, 15) is 0 Å². The number of anilines is 1. The third-order valence-electron chi connectivity index (χ3n) is 3.72. The van der Waals surface area contributed by atoms with Crippen molar-refractivity contribution in [2.24, 2.45) is 0 Å². The zero-order valence-electron chi connectivity index (χ0n) is 9.88. The monoisotopic (exact) mass is 251 g/mol. The first-order chi connectivity index (χ1) is 8.36. The smallest absolute Gasteiger partial charge is 0.0640 e. The van der Waals surface area contributed by atoms with Gasteiger partial charge in [0.25, 0.3) is 0 Å². The molecule has 1 fully saturated rings. The first-order valence-corrected chi connectivity index (χ1v) is 6.71. The topological polar surface area (TPSA) is 27.3 Å². The summed E-state index contributed by atoms with van der Waals surface area (Å²) in [6.07, 6.45) is 1.17. The second kappa shape index (κ2) is 4.84. The Labute approximate surface area is 107 Å². The Balaban J connectivity index is 1.90. The van der Waals surface area contributed by atoms with E-state index in [-0.39, 0.29) is 0 Å². The maximum absolute atomic E-state index is 6.25. The molecule has 0 spiro atoms. The number of nitrogens with zero attached hydrogens (tertiary/aromatic N) is 1. The summed E-state index contributed by atoms with van der Waals surface area (Å²) in [5.41, 5.74) is 2.51. The summed E-state index contributed by atoms with van der Waals surface area (Å²) in [5, 5.41) is 7.68. The van der Waals surface area contributed by atoms with Crippen molar-refractivity contribution in [2.45, 2.75) is 12.5 Å². The van der Waals surface area contributed by atoms with Crippen LogP contribution in [0.4, 0.5) is 5.69 Å². The van der Waals surface area contributed by atoms with Gasteiger partial charge in [0.1, 0.15) is 0 Å². The Hall–Kier alpha value is -0.770. The Bertz CT molecular complexity index is 402. The molecule has 0 amide bonds. The molecule has 3 rings (SSSR count). The lowest BCUT2D eigenvalue weighted by atomic mass is 9.96. The van der Waals surface area contributed by atoms with Crippen LogP contribution in [-0.2, 0) is 0 Å². The van der Waals surface area contributed by atoms with Crippen molar-refractivity contribution in [3.8, 4) is 0 Å². The molecule has 1 aromatic rings. The van der Waals surface area contributed by atoms with Crippen molar-refractivity contribution in [1.82, 2.24) is 10.2 Å².